The van der Waals surface area contributed by atoms with Gasteiger partial charge in [-0.2, -0.15) is 0 Å². The second kappa shape index (κ2) is 4.88. The molecule has 3 aromatic heterocycles. The van der Waals surface area contributed by atoms with Crippen molar-refractivity contribution < 1.29 is 0 Å². The Balaban J connectivity index is 1.82. The first kappa shape index (κ1) is 11.4. The van der Waals surface area contributed by atoms with Crippen molar-refractivity contribution in [1.82, 2.24) is 9.97 Å². The Kier molecular flexibility index (Phi) is 3.08. The van der Waals surface area contributed by atoms with E-state index in [-0.39, 0.29) is 0 Å². The van der Waals surface area contributed by atoms with Crippen molar-refractivity contribution in [2.45, 2.75) is 6.92 Å². The quantitative estimate of drug-likeness (QED) is 0.772. The molecule has 0 radical (unpaired) electrons. The number of pyridine rings is 1. The Hall–Kier alpha value is -1.72. The molecule has 0 bridgehead atoms. The standard InChI is InChI=1S/C13H11N3S2/c1-9-6-11(17-7-9)10-8-18-13(15-10)16-12-4-2-3-5-14-12/h2-8H,1H3,(H,14,15,16). The molecule has 3 aromatic rings. The van der Waals surface area contributed by atoms with Crippen LogP contribution < -0.4 is 5.32 Å². The lowest BCUT2D eigenvalue weighted by Crippen LogP contribution is -1.91. The van der Waals surface area contributed by atoms with Gasteiger partial charge in [-0.15, -0.1) is 22.7 Å². The highest BCUT2D eigenvalue weighted by Crippen LogP contribution is 2.30. The van der Waals surface area contributed by atoms with E-state index in [9.17, 15) is 0 Å². The summed E-state index contributed by atoms with van der Waals surface area (Å²) in [5.41, 5.74) is 2.30. The number of rotatable bonds is 3. The van der Waals surface area contributed by atoms with Crippen LogP contribution in [0.1, 0.15) is 5.56 Å². The van der Waals surface area contributed by atoms with E-state index in [1.54, 1.807) is 28.9 Å². The highest BCUT2D eigenvalue weighted by atomic mass is 32.1. The van der Waals surface area contributed by atoms with E-state index in [0.29, 0.717) is 0 Å². The first-order valence-corrected chi connectivity index (χ1v) is 7.26. The van der Waals surface area contributed by atoms with Gasteiger partial charge in [0.25, 0.3) is 0 Å². The van der Waals surface area contributed by atoms with Gasteiger partial charge in [-0.3, -0.25) is 0 Å². The maximum absolute atomic E-state index is 4.57. The number of hydrogen-bond donors (Lipinski definition) is 1. The number of aryl methyl sites for hydroxylation is 1. The normalized spacial score (nSPS) is 10.5. The molecule has 0 unspecified atom stereocenters. The van der Waals surface area contributed by atoms with Crippen LogP contribution in [0.15, 0.2) is 41.2 Å². The van der Waals surface area contributed by atoms with Crippen LogP contribution in [0.3, 0.4) is 0 Å². The van der Waals surface area contributed by atoms with Crippen LogP contribution in [-0.4, -0.2) is 9.97 Å². The fraction of sp³-hybridized carbons (Fsp3) is 0.0769. The maximum atomic E-state index is 4.57. The van der Waals surface area contributed by atoms with Crippen molar-refractivity contribution in [2.24, 2.45) is 0 Å². The molecule has 18 heavy (non-hydrogen) atoms. The molecule has 0 amide bonds. The van der Waals surface area contributed by atoms with E-state index < -0.39 is 0 Å². The van der Waals surface area contributed by atoms with Crippen molar-refractivity contribution in [3.8, 4) is 10.6 Å². The Bertz CT molecular complexity index is 643. The van der Waals surface area contributed by atoms with Crippen molar-refractivity contribution in [2.75, 3.05) is 5.32 Å². The minimum Gasteiger partial charge on any atom is -0.316 e. The average molecular weight is 273 g/mol. The summed E-state index contributed by atoms with van der Waals surface area (Å²) in [6.45, 7) is 2.10. The predicted molar refractivity (Wildman–Crippen MR) is 77.7 cm³/mol. The first-order valence-electron chi connectivity index (χ1n) is 5.50. The van der Waals surface area contributed by atoms with Crippen molar-refractivity contribution >= 4 is 33.6 Å². The zero-order valence-corrected chi connectivity index (χ0v) is 11.4. The summed E-state index contributed by atoms with van der Waals surface area (Å²) >= 11 is 3.32. The van der Waals surface area contributed by atoms with E-state index in [2.05, 4.69) is 39.0 Å². The summed E-state index contributed by atoms with van der Waals surface area (Å²) in [6.07, 6.45) is 1.76. The Morgan fingerprint density at radius 3 is 2.83 bits per heavy atom. The molecule has 0 aliphatic heterocycles. The van der Waals surface area contributed by atoms with Gasteiger partial charge in [0.2, 0.25) is 0 Å². The lowest BCUT2D eigenvalue weighted by molar-refractivity contribution is 1.29. The first-order chi connectivity index (χ1) is 8.81. The monoisotopic (exact) mass is 273 g/mol. The van der Waals surface area contributed by atoms with Crippen molar-refractivity contribution in [3.05, 3.63) is 46.8 Å². The van der Waals surface area contributed by atoms with Crippen molar-refractivity contribution in [1.29, 1.82) is 0 Å². The van der Waals surface area contributed by atoms with Crippen LogP contribution in [0.4, 0.5) is 10.9 Å². The number of anilines is 2. The topological polar surface area (TPSA) is 37.8 Å². The van der Waals surface area contributed by atoms with Gasteiger partial charge in [-0.1, -0.05) is 6.07 Å². The number of nitrogens with one attached hydrogen (secondary N) is 1. The largest absolute Gasteiger partial charge is 0.316 e. The second-order valence-corrected chi connectivity index (χ2v) is 5.64. The molecular formula is C13H11N3S2. The Morgan fingerprint density at radius 2 is 2.11 bits per heavy atom. The zero-order chi connectivity index (χ0) is 12.4. The van der Waals surface area contributed by atoms with Gasteiger partial charge in [-0.05, 0) is 36.1 Å². The third-order valence-electron chi connectivity index (χ3n) is 2.39. The lowest BCUT2D eigenvalue weighted by atomic mass is 10.3. The lowest BCUT2D eigenvalue weighted by Gasteiger charge is -1.99. The average Bonchev–Trinajstić information content (AvgIpc) is 2.99. The molecule has 5 heteroatoms. The highest BCUT2D eigenvalue weighted by Gasteiger charge is 2.06. The molecule has 0 aromatic carbocycles. The maximum Gasteiger partial charge on any atom is 0.188 e. The van der Waals surface area contributed by atoms with Gasteiger partial charge in [0.15, 0.2) is 5.13 Å². The highest BCUT2D eigenvalue weighted by molar-refractivity contribution is 7.16. The molecule has 1 N–H and O–H groups in total. The number of aromatic nitrogens is 2. The molecule has 0 aliphatic carbocycles. The summed E-state index contributed by atoms with van der Waals surface area (Å²) < 4.78 is 0. The summed E-state index contributed by atoms with van der Waals surface area (Å²) in [5.74, 6) is 0.820. The van der Waals surface area contributed by atoms with Crippen LogP contribution in [-0.2, 0) is 0 Å². The molecule has 3 rings (SSSR count). The number of thiophene rings is 1. The summed E-state index contributed by atoms with van der Waals surface area (Å²) in [5, 5.41) is 8.28. The Morgan fingerprint density at radius 1 is 1.17 bits per heavy atom. The zero-order valence-electron chi connectivity index (χ0n) is 9.75. The molecule has 0 saturated carbocycles. The van der Waals surface area contributed by atoms with E-state index in [1.807, 2.05) is 18.2 Å². The summed E-state index contributed by atoms with van der Waals surface area (Å²) in [4.78, 5) is 9.99. The van der Waals surface area contributed by atoms with Crippen LogP contribution in [0.25, 0.3) is 10.6 Å². The number of thiazole rings is 1. The smallest absolute Gasteiger partial charge is 0.188 e. The molecule has 0 fully saturated rings. The van der Waals surface area contributed by atoms with E-state index in [4.69, 9.17) is 0 Å². The van der Waals surface area contributed by atoms with Crippen LogP contribution in [0.2, 0.25) is 0 Å². The molecule has 3 heterocycles. The molecule has 3 nitrogen and oxygen atoms in total. The van der Waals surface area contributed by atoms with Crippen LogP contribution in [0, 0.1) is 6.92 Å². The van der Waals surface area contributed by atoms with Gasteiger partial charge >= 0.3 is 0 Å². The predicted octanol–water partition coefficient (Wildman–Crippen LogP) is 4.32. The van der Waals surface area contributed by atoms with Crippen LogP contribution in [0.5, 0.6) is 0 Å². The number of hydrogen-bond acceptors (Lipinski definition) is 5. The summed E-state index contributed by atoms with van der Waals surface area (Å²) in [6, 6.07) is 7.93. The van der Waals surface area contributed by atoms with Gasteiger partial charge in [0.05, 0.1) is 10.6 Å². The van der Waals surface area contributed by atoms with Gasteiger partial charge in [-0.25, -0.2) is 9.97 Å². The van der Waals surface area contributed by atoms with E-state index in [1.165, 1.54) is 10.4 Å². The van der Waals surface area contributed by atoms with Gasteiger partial charge in [0, 0.05) is 11.6 Å². The molecule has 90 valence electrons. The minimum absolute atomic E-state index is 0.820. The molecule has 0 aliphatic rings. The third kappa shape index (κ3) is 2.42. The van der Waals surface area contributed by atoms with Crippen LogP contribution >= 0.6 is 22.7 Å². The fourth-order valence-corrected chi connectivity index (χ4v) is 3.21. The fourth-order valence-electron chi connectivity index (χ4n) is 1.56. The molecular weight excluding hydrogens is 262 g/mol. The van der Waals surface area contributed by atoms with E-state index >= 15 is 0 Å². The molecule has 0 spiro atoms. The SMILES string of the molecule is Cc1csc(-c2csc(Nc3ccccn3)n2)c1. The van der Waals surface area contributed by atoms with Gasteiger partial charge < -0.3 is 5.32 Å². The third-order valence-corrected chi connectivity index (χ3v) is 4.22. The minimum atomic E-state index is 0.820. The molecule has 0 atom stereocenters. The summed E-state index contributed by atoms with van der Waals surface area (Å²) in [7, 11) is 0. The molecule has 0 saturated heterocycles. The number of nitrogens with zero attached hydrogens (tertiary/aromatic N) is 2. The Labute approximate surface area is 113 Å². The van der Waals surface area contributed by atoms with E-state index in [0.717, 1.165) is 16.6 Å². The van der Waals surface area contributed by atoms with Crippen molar-refractivity contribution in [3.63, 3.8) is 0 Å². The van der Waals surface area contributed by atoms with Gasteiger partial charge in [0.1, 0.15) is 5.82 Å². The second-order valence-electron chi connectivity index (χ2n) is 3.87.